The van der Waals surface area contributed by atoms with Gasteiger partial charge in [-0.3, -0.25) is 0 Å². The Balaban J connectivity index is 1.23. The third-order valence-electron chi connectivity index (χ3n) is 11.4. The number of rotatable bonds is 4. The van der Waals surface area contributed by atoms with Gasteiger partial charge in [-0.1, -0.05) is 152 Å². The molecule has 0 atom stereocenters. The Hall–Kier alpha value is -7.56. The van der Waals surface area contributed by atoms with Crippen LogP contribution in [0, 0.1) is 0 Å². The summed E-state index contributed by atoms with van der Waals surface area (Å²) in [4.78, 5) is 10.5. The summed E-state index contributed by atoms with van der Waals surface area (Å²) in [6.07, 6.45) is 0. The highest BCUT2D eigenvalue weighted by atomic mass is 16.3. The van der Waals surface area contributed by atoms with Crippen molar-refractivity contribution >= 4 is 76.1 Å². The van der Waals surface area contributed by atoms with Crippen LogP contribution in [-0.2, 0) is 0 Å². The van der Waals surface area contributed by atoms with E-state index in [0.717, 1.165) is 77.5 Å². The maximum absolute atomic E-state index is 7.15. The molecule has 3 heterocycles. The topological polar surface area (TPSA) is 43.9 Å². The molecule has 0 saturated carbocycles. The van der Waals surface area contributed by atoms with Crippen LogP contribution in [0.1, 0.15) is 0 Å². The predicted octanol–water partition coefficient (Wildman–Crippen LogP) is 13.9. The Morgan fingerprint density at radius 3 is 1.46 bits per heavy atom. The molecule has 4 heteroatoms. The van der Waals surface area contributed by atoms with Crippen LogP contribution in [0.2, 0.25) is 0 Å². The maximum Gasteiger partial charge on any atom is 0.164 e. The number of fused-ring (bicyclic) bond motifs is 12. The van der Waals surface area contributed by atoms with Gasteiger partial charge in [-0.25, -0.2) is 9.97 Å². The minimum absolute atomic E-state index is 0.615. The fraction of sp³-hybridized carbons (Fsp3) is 0. The molecule has 0 aliphatic carbocycles. The van der Waals surface area contributed by atoms with Crippen molar-refractivity contribution in [1.29, 1.82) is 0 Å². The van der Waals surface area contributed by atoms with E-state index in [1.54, 1.807) is 0 Å². The van der Waals surface area contributed by atoms with Crippen LogP contribution in [0.3, 0.4) is 0 Å². The van der Waals surface area contributed by atoms with Crippen LogP contribution in [-0.4, -0.2) is 14.5 Å². The van der Waals surface area contributed by atoms with Crippen LogP contribution in [0.4, 0.5) is 0 Å². The van der Waals surface area contributed by atoms with Gasteiger partial charge in [-0.05, 0) is 63.3 Å². The van der Waals surface area contributed by atoms with Crippen LogP contribution < -0.4 is 0 Å². The Kier molecular flexibility index (Phi) is 6.60. The summed E-state index contributed by atoms with van der Waals surface area (Å²) in [6.45, 7) is 0. The number of benzene rings is 9. The normalized spacial score (nSPS) is 11.9. The molecular formula is C52H31N3O. The molecule has 0 bridgehead atoms. The fourth-order valence-corrected chi connectivity index (χ4v) is 8.84. The van der Waals surface area contributed by atoms with E-state index in [4.69, 9.17) is 14.4 Å². The van der Waals surface area contributed by atoms with Crippen LogP contribution >= 0.6 is 0 Å². The molecule has 12 rings (SSSR count). The molecule has 4 nitrogen and oxygen atoms in total. The Labute approximate surface area is 321 Å². The molecule has 12 aromatic rings. The second-order valence-corrected chi connectivity index (χ2v) is 14.5. The lowest BCUT2D eigenvalue weighted by Gasteiger charge is -2.13. The average Bonchev–Trinajstić information content (AvgIpc) is 3.84. The lowest BCUT2D eigenvalue weighted by molar-refractivity contribution is 0.673. The number of hydrogen-bond acceptors (Lipinski definition) is 3. The van der Waals surface area contributed by atoms with Gasteiger partial charge in [-0.15, -0.1) is 0 Å². The van der Waals surface area contributed by atoms with Gasteiger partial charge in [0.2, 0.25) is 0 Å². The van der Waals surface area contributed by atoms with Crippen LogP contribution in [0.5, 0.6) is 0 Å². The molecule has 260 valence electrons. The number of aromatic nitrogens is 3. The molecule has 0 spiro atoms. The standard InChI is InChI=1S/C52H31N3O/c1-3-16-35(17-4-1)42-31-43(36-18-5-2-6-19-36)54-52(53-42)41-27-30-46(49-40-26-23-34-15-9-12-22-39(34)50(40)56-51(41)49)55-44-28-24-32-13-7-10-20-37(32)47(44)48-38-21-11-8-14-33(38)25-29-45(48)55/h1-31H. The van der Waals surface area contributed by atoms with Crippen molar-refractivity contribution < 1.29 is 4.42 Å². The van der Waals surface area contributed by atoms with Gasteiger partial charge in [0.25, 0.3) is 0 Å². The number of nitrogens with zero attached hydrogens (tertiary/aromatic N) is 3. The van der Waals surface area contributed by atoms with Crippen molar-refractivity contribution in [3.05, 3.63) is 188 Å². The zero-order valence-corrected chi connectivity index (χ0v) is 30.1. The van der Waals surface area contributed by atoms with E-state index in [1.807, 2.05) is 12.1 Å². The summed E-state index contributed by atoms with van der Waals surface area (Å²) in [7, 11) is 0. The Morgan fingerprint density at radius 1 is 0.375 bits per heavy atom. The third-order valence-corrected chi connectivity index (χ3v) is 11.4. The van der Waals surface area contributed by atoms with Gasteiger partial charge >= 0.3 is 0 Å². The molecule has 0 aliphatic rings. The highest BCUT2D eigenvalue weighted by molar-refractivity contribution is 6.29. The summed E-state index contributed by atoms with van der Waals surface area (Å²) in [5.41, 5.74) is 9.56. The molecule has 0 aliphatic heterocycles. The summed E-state index contributed by atoms with van der Waals surface area (Å²) < 4.78 is 9.59. The highest BCUT2D eigenvalue weighted by Gasteiger charge is 2.24. The van der Waals surface area contributed by atoms with E-state index < -0.39 is 0 Å². The van der Waals surface area contributed by atoms with E-state index in [9.17, 15) is 0 Å². The molecule has 56 heavy (non-hydrogen) atoms. The SMILES string of the molecule is c1ccc(-c2cc(-c3ccccc3)nc(-c3ccc(-n4c5ccc6ccccc6c5c5c6ccccc6ccc54)c4c3oc3c5ccccc5ccc34)n2)cc1. The van der Waals surface area contributed by atoms with Crippen LogP contribution in [0.25, 0.3) is 116 Å². The van der Waals surface area contributed by atoms with E-state index in [0.29, 0.717) is 5.82 Å². The Morgan fingerprint density at radius 2 is 0.875 bits per heavy atom. The molecular weight excluding hydrogens is 683 g/mol. The van der Waals surface area contributed by atoms with Gasteiger partial charge in [-0.2, -0.15) is 0 Å². The van der Waals surface area contributed by atoms with Crippen molar-refractivity contribution in [3.8, 4) is 39.6 Å². The van der Waals surface area contributed by atoms with Crippen LogP contribution in [0.15, 0.2) is 192 Å². The molecule has 0 unspecified atom stereocenters. The zero-order chi connectivity index (χ0) is 36.7. The lowest BCUT2D eigenvalue weighted by atomic mass is 10.00. The van der Waals surface area contributed by atoms with Gasteiger partial charge in [0.15, 0.2) is 5.82 Å². The summed E-state index contributed by atoms with van der Waals surface area (Å²) >= 11 is 0. The van der Waals surface area contributed by atoms with Gasteiger partial charge in [0.05, 0.1) is 39.1 Å². The quantitative estimate of drug-likeness (QED) is 0.182. The first-order valence-corrected chi connectivity index (χ1v) is 19.0. The first-order chi connectivity index (χ1) is 27.8. The minimum atomic E-state index is 0.615. The van der Waals surface area contributed by atoms with Crippen molar-refractivity contribution in [1.82, 2.24) is 14.5 Å². The molecule has 9 aromatic carbocycles. The number of furan rings is 1. The molecule has 0 saturated heterocycles. The first-order valence-electron chi connectivity index (χ1n) is 19.0. The summed E-state index contributed by atoms with van der Waals surface area (Å²) in [6, 6.07) is 66.5. The second-order valence-electron chi connectivity index (χ2n) is 14.5. The average molecular weight is 714 g/mol. The first kappa shape index (κ1) is 30.9. The minimum Gasteiger partial charge on any atom is -0.455 e. The van der Waals surface area contributed by atoms with Gasteiger partial charge in [0.1, 0.15) is 11.2 Å². The summed E-state index contributed by atoms with van der Waals surface area (Å²) in [5.74, 6) is 0.615. The predicted molar refractivity (Wildman–Crippen MR) is 232 cm³/mol. The van der Waals surface area contributed by atoms with Gasteiger partial charge in [0, 0.05) is 32.7 Å². The van der Waals surface area contributed by atoms with Crippen molar-refractivity contribution in [3.63, 3.8) is 0 Å². The monoisotopic (exact) mass is 713 g/mol. The largest absolute Gasteiger partial charge is 0.455 e. The lowest BCUT2D eigenvalue weighted by Crippen LogP contribution is -1.98. The molecule has 0 N–H and O–H groups in total. The number of hydrogen-bond donors (Lipinski definition) is 0. The van der Waals surface area contributed by atoms with E-state index in [2.05, 4.69) is 180 Å². The molecule has 3 aromatic heterocycles. The van der Waals surface area contributed by atoms with Crippen molar-refractivity contribution in [2.45, 2.75) is 0 Å². The highest BCUT2D eigenvalue weighted by Crippen LogP contribution is 2.46. The van der Waals surface area contributed by atoms with Crippen molar-refractivity contribution in [2.24, 2.45) is 0 Å². The van der Waals surface area contributed by atoms with E-state index >= 15 is 0 Å². The zero-order valence-electron chi connectivity index (χ0n) is 30.1. The smallest absolute Gasteiger partial charge is 0.164 e. The molecule has 0 radical (unpaired) electrons. The summed E-state index contributed by atoms with van der Waals surface area (Å²) in [5, 5.41) is 11.7. The second kappa shape index (κ2) is 12.0. The molecule has 0 fully saturated rings. The third kappa shape index (κ3) is 4.53. The van der Waals surface area contributed by atoms with E-state index in [1.165, 1.54) is 32.3 Å². The fourth-order valence-electron chi connectivity index (χ4n) is 8.84. The van der Waals surface area contributed by atoms with Gasteiger partial charge < -0.3 is 8.98 Å². The maximum atomic E-state index is 7.15. The van der Waals surface area contributed by atoms with E-state index in [-0.39, 0.29) is 0 Å². The van der Waals surface area contributed by atoms with Crippen molar-refractivity contribution in [2.75, 3.05) is 0 Å². The molecule has 0 amide bonds. The Bertz CT molecular complexity index is 3380.